The molecular formula is C18H40IN5O2. The van der Waals surface area contributed by atoms with Gasteiger partial charge >= 0.3 is 6.09 Å². The Balaban J connectivity index is 0. The van der Waals surface area contributed by atoms with Crippen molar-refractivity contribution in [1.82, 2.24) is 21.3 Å². The number of ether oxygens (including phenoxy) is 1. The Morgan fingerprint density at radius 1 is 0.962 bits per heavy atom. The minimum Gasteiger partial charge on any atom is -0.444 e. The van der Waals surface area contributed by atoms with Crippen molar-refractivity contribution in [2.24, 2.45) is 4.99 Å². The molecule has 156 valence electrons. The van der Waals surface area contributed by atoms with Crippen LogP contribution >= 0.6 is 24.0 Å². The maximum absolute atomic E-state index is 11.9. The maximum atomic E-state index is 11.9. The molecular weight excluding hydrogens is 445 g/mol. The summed E-state index contributed by atoms with van der Waals surface area (Å²) in [4.78, 5) is 16.5. The minimum atomic E-state index is -0.514. The number of nitrogens with one attached hydrogen (secondary N) is 4. The van der Waals surface area contributed by atoms with Gasteiger partial charge in [0.2, 0.25) is 0 Å². The number of amides is 1. The average molecular weight is 485 g/mol. The van der Waals surface area contributed by atoms with Gasteiger partial charge in [-0.3, -0.25) is 4.99 Å². The van der Waals surface area contributed by atoms with Crippen LogP contribution in [0.2, 0.25) is 0 Å². The van der Waals surface area contributed by atoms with Gasteiger partial charge in [0, 0.05) is 25.2 Å². The summed E-state index contributed by atoms with van der Waals surface area (Å²) in [5.74, 6) is 0.734. The molecule has 0 unspecified atom stereocenters. The number of halogens is 1. The number of guanidine groups is 1. The van der Waals surface area contributed by atoms with E-state index >= 15 is 0 Å². The maximum Gasteiger partial charge on any atom is 0.408 e. The lowest BCUT2D eigenvalue weighted by Crippen LogP contribution is -2.49. The Morgan fingerprint density at radius 3 is 2.00 bits per heavy atom. The number of rotatable bonds is 7. The van der Waals surface area contributed by atoms with Gasteiger partial charge < -0.3 is 26.0 Å². The summed E-state index contributed by atoms with van der Waals surface area (Å²) in [5.41, 5.74) is -0.926. The number of hydrogen-bond donors (Lipinski definition) is 4. The van der Waals surface area contributed by atoms with Crippen LogP contribution in [0.4, 0.5) is 4.79 Å². The van der Waals surface area contributed by atoms with Gasteiger partial charge in [-0.1, -0.05) is 0 Å². The summed E-state index contributed by atoms with van der Waals surface area (Å²) >= 11 is 0. The average Bonchev–Trinajstić information content (AvgIpc) is 2.36. The monoisotopic (exact) mass is 485 g/mol. The van der Waals surface area contributed by atoms with Crippen molar-refractivity contribution in [3.8, 4) is 0 Å². The van der Waals surface area contributed by atoms with Gasteiger partial charge in [0.15, 0.2) is 5.96 Å². The van der Waals surface area contributed by atoms with Gasteiger partial charge in [-0.2, -0.15) is 0 Å². The Kier molecular flexibility index (Phi) is 12.5. The van der Waals surface area contributed by atoms with E-state index in [-0.39, 0.29) is 29.5 Å². The normalized spacial score (nSPS) is 12.9. The molecule has 0 fully saturated rings. The molecule has 7 nitrogen and oxygen atoms in total. The third kappa shape index (κ3) is 16.7. The summed E-state index contributed by atoms with van der Waals surface area (Å²) in [5, 5.41) is 12.8. The first-order chi connectivity index (χ1) is 11.2. The lowest BCUT2D eigenvalue weighted by atomic mass is 10.1. The molecule has 0 atom stereocenters. The highest BCUT2D eigenvalue weighted by Crippen LogP contribution is 2.09. The largest absolute Gasteiger partial charge is 0.444 e. The second-order valence-electron chi connectivity index (χ2n) is 8.81. The molecule has 0 aromatic rings. The van der Waals surface area contributed by atoms with E-state index in [0.717, 1.165) is 25.6 Å². The van der Waals surface area contributed by atoms with Crippen molar-refractivity contribution in [2.45, 2.75) is 79.0 Å². The van der Waals surface area contributed by atoms with E-state index in [9.17, 15) is 4.79 Å². The smallest absolute Gasteiger partial charge is 0.408 e. The quantitative estimate of drug-likeness (QED) is 0.193. The Hall–Kier alpha value is -0.770. The minimum absolute atomic E-state index is 0. The third-order valence-corrected chi connectivity index (χ3v) is 2.89. The molecule has 0 heterocycles. The van der Waals surface area contributed by atoms with Crippen molar-refractivity contribution >= 4 is 36.0 Å². The fourth-order valence-electron chi connectivity index (χ4n) is 1.86. The van der Waals surface area contributed by atoms with Gasteiger partial charge in [-0.15, -0.1) is 24.0 Å². The molecule has 4 N–H and O–H groups in total. The second kappa shape index (κ2) is 11.8. The lowest BCUT2D eigenvalue weighted by molar-refractivity contribution is 0.0476. The molecule has 0 aliphatic carbocycles. The molecule has 0 rings (SSSR count). The van der Waals surface area contributed by atoms with E-state index in [4.69, 9.17) is 4.74 Å². The van der Waals surface area contributed by atoms with Crippen LogP contribution in [0, 0.1) is 0 Å². The van der Waals surface area contributed by atoms with Crippen LogP contribution in [-0.4, -0.2) is 54.9 Å². The number of carbonyl (C=O) groups is 1. The third-order valence-electron chi connectivity index (χ3n) is 2.89. The van der Waals surface area contributed by atoms with Crippen LogP contribution in [0.1, 0.15) is 62.3 Å². The highest BCUT2D eigenvalue weighted by molar-refractivity contribution is 14.0. The zero-order valence-electron chi connectivity index (χ0n) is 18.0. The predicted octanol–water partition coefficient (Wildman–Crippen LogP) is 2.85. The van der Waals surface area contributed by atoms with Crippen molar-refractivity contribution in [2.75, 3.05) is 26.2 Å². The summed E-state index contributed by atoms with van der Waals surface area (Å²) < 4.78 is 5.30. The molecule has 1 amide bonds. The number of carbonyl (C=O) groups excluding carboxylic acids is 1. The van der Waals surface area contributed by atoms with Crippen molar-refractivity contribution < 1.29 is 9.53 Å². The van der Waals surface area contributed by atoms with E-state index in [1.165, 1.54) is 0 Å². The molecule has 0 bridgehead atoms. The lowest BCUT2D eigenvalue weighted by Gasteiger charge is -2.27. The van der Waals surface area contributed by atoms with Gasteiger partial charge in [-0.05, 0) is 62.3 Å². The number of aliphatic imine (C=N–C) groups is 1. The van der Waals surface area contributed by atoms with Crippen LogP contribution in [0.3, 0.4) is 0 Å². The van der Waals surface area contributed by atoms with Gasteiger partial charge in [0.25, 0.3) is 0 Å². The van der Waals surface area contributed by atoms with Crippen molar-refractivity contribution in [1.29, 1.82) is 0 Å². The molecule has 0 saturated carbocycles. The summed E-state index contributed by atoms with van der Waals surface area (Å²) in [7, 11) is 0. The van der Waals surface area contributed by atoms with E-state index in [2.05, 4.69) is 47.0 Å². The van der Waals surface area contributed by atoms with E-state index in [1.54, 1.807) is 0 Å². The molecule has 0 aromatic carbocycles. The van der Waals surface area contributed by atoms with Crippen LogP contribution in [0.15, 0.2) is 4.99 Å². The zero-order valence-corrected chi connectivity index (χ0v) is 20.3. The first kappa shape index (κ1) is 27.4. The molecule has 8 heteroatoms. The summed E-state index contributed by atoms with van der Waals surface area (Å²) in [6.07, 6.45) is -0.431. The molecule has 0 saturated heterocycles. The highest BCUT2D eigenvalue weighted by atomic mass is 127. The second-order valence-corrected chi connectivity index (χ2v) is 8.81. The van der Waals surface area contributed by atoms with Crippen LogP contribution in [0.25, 0.3) is 0 Å². The molecule has 0 spiro atoms. The fraction of sp³-hybridized carbons (Fsp3) is 0.889. The molecule has 0 radical (unpaired) electrons. The van der Waals surface area contributed by atoms with Crippen molar-refractivity contribution in [3.63, 3.8) is 0 Å². The molecule has 0 aromatic heterocycles. The summed E-state index contributed by atoms with van der Waals surface area (Å²) in [6.45, 7) is 20.6. The Morgan fingerprint density at radius 2 is 1.54 bits per heavy atom. The molecule has 26 heavy (non-hydrogen) atoms. The summed E-state index contributed by atoms with van der Waals surface area (Å²) in [6, 6.07) is 0. The number of alkyl carbamates (subject to hydrolysis) is 1. The van der Waals surface area contributed by atoms with Gasteiger partial charge in [0.05, 0.1) is 12.1 Å². The Labute approximate surface area is 176 Å². The van der Waals surface area contributed by atoms with E-state index in [1.807, 2.05) is 41.5 Å². The number of hydrogen-bond acceptors (Lipinski definition) is 4. The Bertz CT molecular complexity index is 440. The van der Waals surface area contributed by atoms with E-state index in [0.29, 0.717) is 6.54 Å². The zero-order chi connectivity index (χ0) is 19.7. The van der Waals surface area contributed by atoms with Crippen LogP contribution in [0.5, 0.6) is 0 Å². The molecule has 0 aliphatic heterocycles. The first-order valence-electron chi connectivity index (χ1n) is 9.02. The van der Waals surface area contributed by atoms with Crippen molar-refractivity contribution in [3.05, 3.63) is 0 Å². The van der Waals surface area contributed by atoms with Crippen LogP contribution in [-0.2, 0) is 4.74 Å². The fourth-order valence-corrected chi connectivity index (χ4v) is 1.86. The van der Waals surface area contributed by atoms with Gasteiger partial charge in [-0.25, -0.2) is 4.79 Å². The highest BCUT2D eigenvalue weighted by Gasteiger charge is 2.24. The first-order valence-corrected chi connectivity index (χ1v) is 9.02. The standard InChI is InChI=1S/C18H39N5O2.HI/c1-10-19-14(20-11-12-22-16(2,3)4)21-13-18(8,9)23-15(24)25-17(5,6)7;/h22H,10-13H2,1-9H3,(H,23,24)(H2,19,20,21);1H. The topological polar surface area (TPSA) is 86.8 Å². The molecule has 0 aliphatic rings. The predicted molar refractivity (Wildman–Crippen MR) is 121 cm³/mol. The van der Waals surface area contributed by atoms with Gasteiger partial charge in [0.1, 0.15) is 5.60 Å². The SMILES string of the molecule is CCNC(=NCC(C)(C)NC(=O)OC(C)(C)C)NCCNC(C)(C)C.I. The van der Waals surface area contributed by atoms with E-state index < -0.39 is 17.2 Å². The number of nitrogens with zero attached hydrogens (tertiary/aromatic N) is 1. The van der Waals surface area contributed by atoms with Crippen LogP contribution < -0.4 is 21.3 Å².